The first kappa shape index (κ1) is 19.7. The lowest BCUT2D eigenvalue weighted by atomic mass is 10.2. The molecule has 0 saturated carbocycles. The molecule has 2 aromatic rings. The SMILES string of the molecule is C=CCOc1c(I)cc(/C=N/OCc2cccc([N+](=O)[O-])c2)cc1OC. The minimum Gasteiger partial charge on any atom is -0.493 e. The number of non-ortho nitro benzene ring substituents is 1. The molecule has 0 spiro atoms. The van der Waals surface area contributed by atoms with Gasteiger partial charge in [0.2, 0.25) is 0 Å². The van der Waals surface area contributed by atoms with E-state index < -0.39 is 4.92 Å². The minimum atomic E-state index is -0.447. The van der Waals surface area contributed by atoms with Crippen molar-refractivity contribution in [2.45, 2.75) is 6.61 Å². The highest BCUT2D eigenvalue weighted by atomic mass is 127. The monoisotopic (exact) mass is 468 g/mol. The number of nitro benzene ring substituents is 1. The molecule has 0 fully saturated rings. The lowest BCUT2D eigenvalue weighted by Crippen LogP contribution is -2.00. The lowest BCUT2D eigenvalue weighted by molar-refractivity contribution is -0.384. The number of nitrogens with zero attached hydrogens (tertiary/aromatic N) is 2. The molecule has 0 aliphatic carbocycles. The summed E-state index contributed by atoms with van der Waals surface area (Å²) >= 11 is 2.15. The molecule has 0 atom stereocenters. The Morgan fingerprint density at radius 3 is 2.85 bits per heavy atom. The van der Waals surface area contributed by atoms with Crippen molar-refractivity contribution in [3.05, 3.63) is 73.9 Å². The van der Waals surface area contributed by atoms with E-state index in [0.29, 0.717) is 23.7 Å². The van der Waals surface area contributed by atoms with E-state index in [9.17, 15) is 10.1 Å². The summed E-state index contributed by atoms with van der Waals surface area (Å²) < 4.78 is 11.8. The largest absolute Gasteiger partial charge is 0.493 e. The summed E-state index contributed by atoms with van der Waals surface area (Å²) in [4.78, 5) is 15.5. The molecule has 0 unspecified atom stereocenters. The molecular formula is C18H17IN2O5. The first-order valence-electron chi connectivity index (χ1n) is 7.55. The predicted molar refractivity (Wildman–Crippen MR) is 107 cm³/mol. The molecule has 26 heavy (non-hydrogen) atoms. The van der Waals surface area contributed by atoms with Crippen LogP contribution in [-0.4, -0.2) is 24.9 Å². The maximum atomic E-state index is 10.8. The van der Waals surface area contributed by atoms with Crippen LogP contribution in [0.4, 0.5) is 5.69 Å². The van der Waals surface area contributed by atoms with Crippen LogP contribution in [0.15, 0.2) is 54.2 Å². The standard InChI is InChI=1S/C18H17IN2O5/c1-3-7-25-18-16(19)9-14(10-17(18)24-2)11-20-26-12-13-5-4-6-15(8-13)21(22)23/h3-6,8-11H,1,7,12H2,2H3/b20-11+. The third kappa shape index (κ3) is 5.45. The number of benzene rings is 2. The summed E-state index contributed by atoms with van der Waals surface area (Å²) in [6.45, 7) is 4.14. The molecule has 0 aromatic heterocycles. The van der Waals surface area contributed by atoms with Gasteiger partial charge in [-0.2, -0.15) is 0 Å². The summed E-state index contributed by atoms with van der Waals surface area (Å²) in [5.41, 5.74) is 1.46. The fraction of sp³-hybridized carbons (Fsp3) is 0.167. The number of hydrogen-bond donors (Lipinski definition) is 0. The van der Waals surface area contributed by atoms with E-state index in [1.165, 1.54) is 12.1 Å². The van der Waals surface area contributed by atoms with Crippen molar-refractivity contribution < 1.29 is 19.2 Å². The van der Waals surface area contributed by atoms with Gasteiger partial charge in [-0.3, -0.25) is 10.1 Å². The Labute approximate surface area is 164 Å². The number of hydrogen-bond acceptors (Lipinski definition) is 6. The van der Waals surface area contributed by atoms with Crippen LogP contribution in [-0.2, 0) is 11.4 Å². The summed E-state index contributed by atoms with van der Waals surface area (Å²) in [6, 6.07) is 9.88. The van der Waals surface area contributed by atoms with Gasteiger partial charge >= 0.3 is 0 Å². The fourth-order valence-corrected chi connectivity index (χ4v) is 2.85. The number of nitro groups is 1. The van der Waals surface area contributed by atoms with E-state index >= 15 is 0 Å². The van der Waals surface area contributed by atoms with Crippen molar-refractivity contribution >= 4 is 34.5 Å². The van der Waals surface area contributed by atoms with Crippen molar-refractivity contribution in [2.24, 2.45) is 5.16 Å². The van der Waals surface area contributed by atoms with Gasteiger partial charge < -0.3 is 14.3 Å². The number of oxime groups is 1. The van der Waals surface area contributed by atoms with Crippen molar-refractivity contribution in [1.29, 1.82) is 0 Å². The van der Waals surface area contributed by atoms with E-state index in [2.05, 4.69) is 34.3 Å². The molecule has 0 aliphatic heterocycles. The normalized spacial score (nSPS) is 10.5. The highest BCUT2D eigenvalue weighted by molar-refractivity contribution is 14.1. The van der Waals surface area contributed by atoms with E-state index in [-0.39, 0.29) is 12.3 Å². The Hall–Kier alpha value is -2.62. The third-order valence-corrected chi connectivity index (χ3v) is 4.03. The number of halogens is 1. The molecule has 0 amide bonds. The van der Waals surface area contributed by atoms with Crippen molar-refractivity contribution in [3.8, 4) is 11.5 Å². The molecule has 0 bridgehead atoms. The van der Waals surface area contributed by atoms with Gasteiger partial charge in [-0.25, -0.2) is 0 Å². The highest BCUT2D eigenvalue weighted by Crippen LogP contribution is 2.33. The highest BCUT2D eigenvalue weighted by Gasteiger charge is 2.10. The van der Waals surface area contributed by atoms with Crippen LogP contribution < -0.4 is 9.47 Å². The zero-order valence-electron chi connectivity index (χ0n) is 14.1. The van der Waals surface area contributed by atoms with Gasteiger partial charge in [0.15, 0.2) is 11.5 Å². The van der Waals surface area contributed by atoms with Crippen LogP contribution in [0.2, 0.25) is 0 Å². The molecule has 8 heteroatoms. The Morgan fingerprint density at radius 1 is 1.35 bits per heavy atom. The first-order chi connectivity index (χ1) is 12.5. The van der Waals surface area contributed by atoms with Crippen molar-refractivity contribution in [3.63, 3.8) is 0 Å². The van der Waals surface area contributed by atoms with Crippen LogP contribution in [0.3, 0.4) is 0 Å². The average Bonchev–Trinajstić information content (AvgIpc) is 2.64. The lowest BCUT2D eigenvalue weighted by Gasteiger charge is -2.12. The molecule has 0 saturated heterocycles. The molecule has 0 N–H and O–H groups in total. The molecule has 0 radical (unpaired) electrons. The summed E-state index contributed by atoms with van der Waals surface area (Å²) in [5.74, 6) is 1.22. The molecular weight excluding hydrogens is 451 g/mol. The van der Waals surface area contributed by atoms with Crippen LogP contribution >= 0.6 is 22.6 Å². The van der Waals surface area contributed by atoms with Gasteiger partial charge in [-0.15, -0.1) is 0 Å². The van der Waals surface area contributed by atoms with Gasteiger partial charge in [0.25, 0.3) is 5.69 Å². The van der Waals surface area contributed by atoms with Crippen molar-refractivity contribution in [1.82, 2.24) is 0 Å². The third-order valence-electron chi connectivity index (χ3n) is 3.23. The molecule has 136 valence electrons. The zero-order valence-corrected chi connectivity index (χ0v) is 16.2. The second kappa shape index (κ2) is 9.76. The van der Waals surface area contributed by atoms with E-state index in [0.717, 1.165) is 9.13 Å². The molecule has 2 rings (SSSR count). The summed E-state index contributed by atoms with van der Waals surface area (Å²) in [5, 5.41) is 14.7. The van der Waals surface area contributed by atoms with Gasteiger partial charge in [0.1, 0.15) is 13.2 Å². The fourth-order valence-electron chi connectivity index (χ4n) is 2.07. The molecule has 7 nitrogen and oxygen atoms in total. The minimum absolute atomic E-state index is 0.0180. The Bertz CT molecular complexity index is 823. The van der Waals surface area contributed by atoms with E-state index in [1.54, 1.807) is 37.6 Å². The average molecular weight is 468 g/mol. The summed E-state index contributed by atoms with van der Waals surface area (Å²) in [6.07, 6.45) is 3.20. The van der Waals surface area contributed by atoms with E-state index in [4.69, 9.17) is 14.3 Å². The van der Waals surface area contributed by atoms with Crippen LogP contribution in [0, 0.1) is 13.7 Å². The zero-order chi connectivity index (χ0) is 18.9. The topological polar surface area (TPSA) is 83.2 Å². The first-order valence-corrected chi connectivity index (χ1v) is 8.63. The predicted octanol–water partition coefficient (Wildman–Crippen LogP) is 4.32. The Balaban J connectivity index is 2.04. The molecule has 2 aromatic carbocycles. The number of ether oxygens (including phenoxy) is 2. The number of rotatable bonds is 9. The van der Waals surface area contributed by atoms with Gasteiger partial charge in [0, 0.05) is 17.7 Å². The maximum Gasteiger partial charge on any atom is 0.269 e. The van der Waals surface area contributed by atoms with Crippen LogP contribution in [0.25, 0.3) is 0 Å². The Kier molecular flexibility index (Phi) is 7.39. The molecule has 0 heterocycles. The van der Waals surface area contributed by atoms with Crippen molar-refractivity contribution in [2.75, 3.05) is 13.7 Å². The van der Waals surface area contributed by atoms with Gasteiger partial charge in [0.05, 0.1) is 21.8 Å². The van der Waals surface area contributed by atoms with E-state index in [1.807, 2.05) is 6.07 Å². The second-order valence-corrected chi connectivity index (χ2v) is 6.23. The van der Waals surface area contributed by atoms with Crippen LogP contribution in [0.1, 0.15) is 11.1 Å². The molecule has 0 aliphatic rings. The smallest absolute Gasteiger partial charge is 0.269 e. The Morgan fingerprint density at radius 2 is 2.15 bits per heavy atom. The quantitative estimate of drug-likeness (QED) is 0.180. The maximum absolute atomic E-state index is 10.8. The van der Waals surface area contributed by atoms with Gasteiger partial charge in [-0.1, -0.05) is 29.9 Å². The second-order valence-electron chi connectivity index (χ2n) is 5.07. The van der Waals surface area contributed by atoms with Crippen LogP contribution in [0.5, 0.6) is 11.5 Å². The van der Waals surface area contributed by atoms with Gasteiger partial charge in [-0.05, 0) is 40.3 Å². The summed E-state index contributed by atoms with van der Waals surface area (Å²) in [7, 11) is 1.56. The number of methoxy groups -OCH3 is 1.